The number of nitrogens with one attached hydrogen (secondary N) is 1. The van der Waals surface area contributed by atoms with Gasteiger partial charge in [0.2, 0.25) is 0 Å². The van der Waals surface area contributed by atoms with E-state index in [0.29, 0.717) is 24.8 Å². The molecule has 140 valence electrons. The van der Waals surface area contributed by atoms with Crippen LogP contribution in [0.2, 0.25) is 0 Å². The molecule has 2 rings (SSSR count). The molecule has 25 heavy (non-hydrogen) atoms. The number of fused-ring (bicyclic) bond motifs is 1. The summed E-state index contributed by atoms with van der Waals surface area (Å²) in [6.45, 7) is 10.2. The van der Waals surface area contributed by atoms with Crippen LogP contribution < -0.4 is 4.72 Å². The summed E-state index contributed by atoms with van der Waals surface area (Å²) in [5.41, 5.74) is 3.76. The van der Waals surface area contributed by atoms with Gasteiger partial charge in [-0.3, -0.25) is 0 Å². The molecule has 0 unspecified atom stereocenters. The van der Waals surface area contributed by atoms with E-state index in [4.69, 9.17) is 0 Å². The third-order valence-electron chi connectivity index (χ3n) is 4.38. The third-order valence-corrected chi connectivity index (χ3v) is 5.91. The van der Waals surface area contributed by atoms with Crippen LogP contribution in [0.3, 0.4) is 0 Å². The quantitative estimate of drug-likeness (QED) is 0.780. The minimum absolute atomic E-state index is 0.396. The molecule has 1 aromatic heterocycles. The van der Waals surface area contributed by atoms with Crippen molar-refractivity contribution in [1.29, 1.82) is 0 Å². The molecule has 0 saturated carbocycles. The first kappa shape index (κ1) is 19.9. The van der Waals surface area contributed by atoms with Gasteiger partial charge in [0.25, 0.3) is 10.2 Å². The molecule has 0 spiro atoms. The highest BCUT2D eigenvalue weighted by atomic mass is 32.2. The molecule has 0 aliphatic carbocycles. The summed E-state index contributed by atoms with van der Waals surface area (Å²) >= 11 is 0. The van der Waals surface area contributed by atoms with E-state index in [0.717, 1.165) is 6.54 Å². The van der Waals surface area contributed by atoms with Crippen molar-refractivity contribution in [3.05, 3.63) is 35.5 Å². The van der Waals surface area contributed by atoms with Gasteiger partial charge in [0, 0.05) is 44.3 Å². The topological polar surface area (TPSA) is 54.3 Å². The Morgan fingerprint density at radius 3 is 2.40 bits per heavy atom. The van der Waals surface area contributed by atoms with Crippen molar-refractivity contribution in [2.75, 3.05) is 20.6 Å². The van der Waals surface area contributed by atoms with Gasteiger partial charge in [-0.1, -0.05) is 39.8 Å². The molecule has 2 aromatic rings. The van der Waals surface area contributed by atoms with Crippen LogP contribution in [0, 0.1) is 5.92 Å². The molecule has 1 heterocycles. The predicted molar refractivity (Wildman–Crippen MR) is 105 cm³/mol. The van der Waals surface area contributed by atoms with Gasteiger partial charge < -0.3 is 4.57 Å². The van der Waals surface area contributed by atoms with Crippen LogP contribution in [-0.2, 0) is 23.2 Å². The van der Waals surface area contributed by atoms with Gasteiger partial charge in [-0.2, -0.15) is 12.7 Å². The first-order chi connectivity index (χ1) is 11.6. The molecule has 0 atom stereocenters. The number of aromatic nitrogens is 1. The van der Waals surface area contributed by atoms with Crippen molar-refractivity contribution in [3.63, 3.8) is 0 Å². The van der Waals surface area contributed by atoms with E-state index in [-0.39, 0.29) is 0 Å². The standard InChI is InChI=1S/C19H31N3O2S/c1-14(2)12-22-13-17(9-10-20-25(23,24)21(5)6)18-8-7-16(15(3)4)11-19(18)22/h7-8,11,13-15,20H,9-10,12H2,1-6H3. The van der Waals surface area contributed by atoms with Crippen molar-refractivity contribution in [3.8, 4) is 0 Å². The molecule has 0 aliphatic rings. The fourth-order valence-corrected chi connectivity index (χ4v) is 3.55. The zero-order valence-electron chi connectivity index (χ0n) is 16.2. The molecule has 6 heteroatoms. The summed E-state index contributed by atoms with van der Waals surface area (Å²) < 4.78 is 29.9. The Morgan fingerprint density at radius 1 is 1.16 bits per heavy atom. The van der Waals surface area contributed by atoms with E-state index in [1.807, 2.05) is 0 Å². The third kappa shape index (κ3) is 4.84. The van der Waals surface area contributed by atoms with Crippen molar-refractivity contribution in [2.45, 2.75) is 46.6 Å². The van der Waals surface area contributed by atoms with Crippen LogP contribution in [0.15, 0.2) is 24.4 Å². The number of hydrogen-bond acceptors (Lipinski definition) is 2. The van der Waals surface area contributed by atoms with E-state index in [2.05, 4.69) is 61.4 Å². The predicted octanol–water partition coefficient (Wildman–Crippen LogP) is 3.36. The Bertz CT molecular complexity index is 821. The Balaban J connectivity index is 2.30. The second-order valence-corrected chi connectivity index (χ2v) is 9.53. The fourth-order valence-electron chi connectivity index (χ4n) is 2.93. The summed E-state index contributed by atoms with van der Waals surface area (Å²) in [5.74, 6) is 1.04. The van der Waals surface area contributed by atoms with Crippen LogP contribution in [0.25, 0.3) is 10.9 Å². The zero-order chi connectivity index (χ0) is 18.8. The maximum atomic E-state index is 11.9. The molecule has 0 radical (unpaired) electrons. The summed E-state index contributed by atoms with van der Waals surface area (Å²) in [6.07, 6.45) is 2.86. The highest BCUT2D eigenvalue weighted by Gasteiger charge is 2.14. The maximum Gasteiger partial charge on any atom is 0.278 e. The second kappa shape index (κ2) is 7.89. The first-order valence-corrected chi connectivity index (χ1v) is 10.3. The monoisotopic (exact) mass is 365 g/mol. The number of rotatable bonds is 8. The van der Waals surface area contributed by atoms with Crippen LogP contribution in [0.5, 0.6) is 0 Å². The molecule has 0 aliphatic heterocycles. The van der Waals surface area contributed by atoms with Crippen LogP contribution >= 0.6 is 0 Å². The van der Waals surface area contributed by atoms with Gasteiger partial charge in [0.05, 0.1) is 0 Å². The van der Waals surface area contributed by atoms with Gasteiger partial charge in [0.1, 0.15) is 0 Å². The highest BCUT2D eigenvalue weighted by Crippen LogP contribution is 2.27. The van der Waals surface area contributed by atoms with Crippen molar-refractivity contribution >= 4 is 21.1 Å². The first-order valence-electron chi connectivity index (χ1n) is 8.90. The lowest BCUT2D eigenvalue weighted by molar-refractivity contribution is 0.506. The van der Waals surface area contributed by atoms with Gasteiger partial charge in [-0.25, -0.2) is 4.72 Å². The second-order valence-electron chi connectivity index (χ2n) is 7.56. The molecule has 0 fully saturated rings. The minimum atomic E-state index is -3.38. The Hall–Kier alpha value is -1.37. The molecular formula is C19H31N3O2S. The van der Waals surface area contributed by atoms with Crippen LogP contribution in [0.1, 0.15) is 44.7 Å². The molecule has 5 nitrogen and oxygen atoms in total. The molecule has 0 saturated heterocycles. The van der Waals surface area contributed by atoms with Gasteiger partial charge >= 0.3 is 0 Å². The van der Waals surface area contributed by atoms with Gasteiger partial charge in [-0.05, 0) is 35.4 Å². The van der Waals surface area contributed by atoms with Gasteiger partial charge in [0.15, 0.2) is 0 Å². The summed E-state index contributed by atoms with van der Waals surface area (Å²) in [4.78, 5) is 0. The molecule has 0 amide bonds. The van der Waals surface area contributed by atoms with E-state index >= 15 is 0 Å². The molecule has 1 N–H and O–H groups in total. The highest BCUT2D eigenvalue weighted by molar-refractivity contribution is 7.87. The van der Waals surface area contributed by atoms with E-state index < -0.39 is 10.2 Å². The molecular weight excluding hydrogens is 334 g/mol. The smallest absolute Gasteiger partial charge is 0.278 e. The van der Waals surface area contributed by atoms with Crippen LogP contribution in [0.4, 0.5) is 0 Å². The maximum absolute atomic E-state index is 11.9. The van der Waals surface area contributed by atoms with Crippen molar-refractivity contribution in [2.24, 2.45) is 5.92 Å². The summed E-state index contributed by atoms with van der Waals surface area (Å²) in [7, 11) is -0.311. The SMILES string of the molecule is CC(C)Cn1cc(CCNS(=O)(=O)N(C)C)c2ccc(C(C)C)cc21. The largest absolute Gasteiger partial charge is 0.347 e. The Kier molecular flexibility index (Phi) is 6.30. The number of hydrogen-bond donors (Lipinski definition) is 1. The lowest BCUT2D eigenvalue weighted by Crippen LogP contribution is -2.36. The van der Waals surface area contributed by atoms with Crippen LogP contribution in [-0.4, -0.2) is 37.9 Å². The summed E-state index contributed by atoms with van der Waals surface area (Å²) in [5, 5.41) is 1.22. The fraction of sp³-hybridized carbons (Fsp3) is 0.579. The average molecular weight is 366 g/mol. The van der Waals surface area contributed by atoms with E-state index in [9.17, 15) is 8.42 Å². The Morgan fingerprint density at radius 2 is 1.84 bits per heavy atom. The van der Waals surface area contributed by atoms with Crippen molar-refractivity contribution < 1.29 is 8.42 Å². The van der Waals surface area contributed by atoms with E-state index in [1.54, 1.807) is 0 Å². The van der Waals surface area contributed by atoms with Crippen molar-refractivity contribution in [1.82, 2.24) is 13.6 Å². The molecule has 0 bridgehead atoms. The lowest BCUT2D eigenvalue weighted by Gasteiger charge is -2.12. The number of benzene rings is 1. The minimum Gasteiger partial charge on any atom is -0.347 e. The lowest BCUT2D eigenvalue weighted by atomic mass is 10.0. The van der Waals surface area contributed by atoms with E-state index in [1.165, 1.54) is 40.4 Å². The van der Waals surface area contributed by atoms with Gasteiger partial charge in [-0.15, -0.1) is 0 Å². The normalized spacial score (nSPS) is 12.8. The average Bonchev–Trinajstić information content (AvgIpc) is 2.83. The summed E-state index contributed by atoms with van der Waals surface area (Å²) in [6, 6.07) is 6.63. The Labute approximate surface area is 152 Å². The molecule has 1 aromatic carbocycles. The zero-order valence-corrected chi connectivity index (χ0v) is 17.0. The number of nitrogens with zero attached hydrogens (tertiary/aromatic N) is 2.